The average molecular weight is 282 g/mol. The minimum Gasteiger partial charge on any atom is -0.307 e. The molecule has 0 saturated carbocycles. The van der Waals surface area contributed by atoms with E-state index in [9.17, 15) is 4.79 Å². The molecule has 0 aromatic carbocycles. The Bertz CT molecular complexity index is 775. The SMILES string of the molecule is Cc1cc(NC(=O)c2ccnc(-n3cccn3)c2)n(C)n1. The summed E-state index contributed by atoms with van der Waals surface area (Å²) in [7, 11) is 1.78. The number of aryl methyl sites for hydroxylation is 2. The molecule has 0 aliphatic heterocycles. The van der Waals surface area contributed by atoms with Gasteiger partial charge in [-0.1, -0.05) is 0 Å². The fraction of sp³-hybridized carbons (Fsp3) is 0.143. The Hall–Kier alpha value is -2.96. The number of nitrogens with zero attached hydrogens (tertiary/aromatic N) is 5. The van der Waals surface area contributed by atoms with E-state index in [0.717, 1.165) is 5.69 Å². The molecule has 0 aliphatic carbocycles. The average Bonchev–Trinajstić information content (AvgIpc) is 3.09. The Morgan fingerprint density at radius 1 is 1.29 bits per heavy atom. The van der Waals surface area contributed by atoms with Crippen molar-refractivity contribution in [1.29, 1.82) is 0 Å². The minimum atomic E-state index is -0.214. The molecule has 7 nitrogen and oxygen atoms in total. The lowest BCUT2D eigenvalue weighted by atomic mass is 10.2. The van der Waals surface area contributed by atoms with Crippen LogP contribution in [-0.4, -0.2) is 30.5 Å². The molecule has 0 unspecified atom stereocenters. The maximum Gasteiger partial charge on any atom is 0.256 e. The molecule has 0 saturated heterocycles. The number of pyridine rings is 1. The van der Waals surface area contributed by atoms with Gasteiger partial charge in [-0.05, 0) is 25.1 Å². The first-order chi connectivity index (χ1) is 10.1. The molecule has 0 radical (unpaired) electrons. The molecule has 21 heavy (non-hydrogen) atoms. The van der Waals surface area contributed by atoms with E-state index in [1.54, 1.807) is 53.2 Å². The van der Waals surface area contributed by atoms with Crippen LogP contribution in [0.15, 0.2) is 42.9 Å². The molecule has 7 heteroatoms. The fourth-order valence-corrected chi connectivity index (χ4v) is 2.01. The molecule has 3 aromatic heterocycles. The highest BCUT2D eigenvalue weighted by Crippen LogP contribution is 2.12. The van der Waals surface area contributed by atoms with Gasteiger partial charge in [-0.3, -0.25) is 9.48 Å². The monoisotopic (exact) mass is 282 g/mol. The molecule has 0 spiro atoms. The van der Waals surface area contributed by atoms with Crippen molar-refractivity contribution in [3.05, 3.63) is 54.1 Å². The van der Waals surface area contributed by atoms with Gasteiger partial charge >= 0.3 is 0 Å². The van der Waals surface area contributed by atoms with E-state index in [1.165, 1.54) is 0 Å². The number of nitrogens with one attached hydrogen (secondary N) is 1. The Balaban J connectivity index is 1.85. The van der Waals surface area contributed by atoms with Gasteiger partial charge in [0.25, 0.3) is 5.91 Å². The largest absolute Gasteiger partial charge is 0.307 e. The van der Waals surface area contributed by atoms with Gasteiger partial charge in [-0.2, -0.15) is 10.2 Å². The van der Waals surface area contributed by atoms with E-state index in [-0.39, 0.29) is 5.91 Å². The van der Waals surface area contributed by atoms with Crippen LogP contribution >= 0.6 is 0 Å². The highest BCUT2D eigenvalue weighted by atomic mass is 16.1. The lowest BCUT2D eigenvalue weighted by molar-refractivity contribution is 0.102. The smallest absolute Gasteiger partial charge is 0.256 e. The van der Waals surface area contributed by atoms with Crippen molar-refractivity contribution in [2.75, 3.05) is 5.32 Å². The molecule has 3 heterocycles. The van der Waals surface area contributed by atoms with Crippen molar-refractivity contribution < 1.29 is 4.79 Å². The first-order valence-electron chi connectivity index (χ1n) is 6.41. The van der Waals surface area contributed by atoms with Crippen LogP contribution in [0.4, 0.5) is 5.82 Å². The zero-order valence-corrected chi connectivity index (χ0v) is 11.7. The summed E-state index contributed by atoms with van der Waals surface area (Å²) < 4.78 is 3.23. The number of hydrogen-bond donors (Lipinski definition) is 1. The first kappa shape index (κ1) is 13.0. The van der Waals surface area contributed by atoms with Crippen LogP contribution in [0.1, 0.15) is 16.1 Å². The van der Waals surface area contributed by atoms with E-state index in [1.807, 2.05) is 13.0 Å². The van der Waals surface area contributed by atoms with Gasteiger partial charge in [0.05, 0.1) is 5.69 Å². The van der Waals surface area contributed by atoms with Crippen LogP contribution in [0.25, 0.3) is 5.82 Å². The number of carbonyl (C=O) groups is 1. The summed E-state index contributed by atoms with van der Waals surface area (Å²) in [5.41, 5.74) is 1.36. The second-order valence-electron chi connectivity index (χ2n) is 4.60. The molecule has 3 aromatic rings. The molecule has 0 bridgehead atoms. The van der Waals surface area contributed by atoms with Gasteiger partial charge in [0.15, 0.2) is 5.82 Å². The standard InChI is InChI=1S/C14H14N6O/c1-10-8-13(19(2)18-10)17-14(21)11-4-6-15-12(9-11)20-7-3-5-16-20/h3-9H,1-2H3,(H,17,21). The van der Waals surface area contributed by atoms with Crippen molar-refractivity contribution in [2.24, 2.45) is 7.05 Å². The molecule has 0 fully saturated rings. The summed E-state index contributed by atoms with van der Waals surface area (Å²) in [4.78, 5) is 16.5. The molecular formula is C14H14N6O. The Morgan fingerprint density at radius 3 is 2.81 bits per heavy atom. The Morgan fingerprint density at radius 2 is 2.14 bits per heavy atom. The van der Waals surface area contributed by atoms with Crippen molar-refractivity contribution in [3.8, 4) is 5.82 Å². The topological polar surface area (TPSA) is 77.6 Å². The molecule has 0 atom stereocenters. The number of aromatic nitrogens is 5. The van der Waals surface area contributed by atoms with Gasteiger partial charge in [0.2, 0.25) is 0 Å². The normalized spacial score (nSPS) is 10.6. The minimum absolute atomic E-state index is 0.214. The second kappa shape index (κ2) is 5.20. The fourth-order valence-electron chi connectivity index (χ4n) is 2.01. The van der Waals surface area contributed by atoms with Crippen molar-refractivity contribution in [3.63, 3.8) is 0 Å². The van der Waals surface area contributed by atoms with Gasteiger partial charge in [0, 0.05) is 37.3 Å². The lowest BCUT2D eigenvalue weighted by Crippen LogP contribution is -2.15. The van der Waals surface area contributed by atoms with Crippen molar-refractivity contribution in [2.45, 2.75) is 6.92 Å². The Labute approximate surface area is 121 Å². The van der Waals surface area contributed by atoms with E-state index in [0.29, 0.717) is 17.2 Å². The summed E-state index contributed by atoms with van der Waals surface area (Å²) in [6.07, 6.45) is 5.02. The summed E-state index contributed by atoms with van der Waals surface area (Å²) >= 11 is 0. The van der Waals surface area contributed by atoms with Crippen LogP contribution in [-0.2, 0) is 7.05 Å². The van der Waals surface area contributed by atoms with Crippen LogP contribution in [0.5, 0.6) is 0 Å². The van der Waals surface area contributed by atoms with Crippen LogP contribution < -0.4 is 5.32 Å². The highest BCUT2D eigenvalue weighted by molar-refractivity contribution is 6.04. The Kier molecular flexibility index (Phi) is 3.23. The zero-order chi connectivity index (χ0) is 14.8. The summed E-state index contributed by atoms with van der Waals surface area (Å²) in [6.45, 7) is 1.87. The predicted octanol–water partition coefficient (Wildman–Crippen LogP) is 1.56. The second-order valence-corrected chi connectivity index (χ2v) is 4.60. The number of amides is 1. The number of carbonyl (C=O) groups excluding carboxylic acids is 1. The summed E-state index contributed by atoms with van der Waals surface area (Å²) in [5, 5.41) is 11.1. The third-order valence-electron chi connectivity index (χ3n) is 2.99. The highest BCUT2D eigenvalue weighted by Gasteiger charge is 2.11. The van der Waals surface area contributed by atoms with E-state index in [4.69, 9.17) is 0 Å². The number of anilines is 1. The van der Waals surface area contributed by atoms with Gasteiger partial charge in [-0.25, -0.2) is 9.67 Å². The molecule has 3 rings (SSSR count). The number of rotatable bonds is 3. The molecular weight excluding hydrogens is 268 g/mol. The van der Waals surface area contributed by atoms with E-state index >= 15 is 0 Å². The number of hydrogen-bond acceptors (Lipinski definition) is 4. The maximum absolute atomic E-state index is 12.3. The molecule has 1 N–H and O–H groups in total. The predicted molar refractivity (Wildman–Crippen MR) is 77.3 cm³/mol. The molecule has 1 amide bonds. The van der Waals surface area contributed by atoms with E-state index < -0.39 is 0 Å². The summed E-state index contributed by atoms with van der Waals surface area (Å²) in [5.74, 6) is 1.03. The maximum atomic E-state index is 12.3. The molecule has 0 aliphatic rings. The quantitative estimate of drug-likeness (QED) is 0.791. The van der Waals surface area contributed by atoms with Gasteiger partial charge in [-0.15, -0.1) is 0 Å². The lowest BCUT2D eigenvalue weighted by Gasteiger charge is -2.06. The van der Waals surface area contributed by atoms with Crippen LogP contribution in [0.2, 0.25) is 0 Å². The molecule has 106 valence electrons. The first-order valence-corrected chi connectivity index (χ1v) is 6.41. The van der Waals surface area contributed by atoms with E-state index in [2.05, 4.69) is 20.5 Å². The van der Waals surface area contributed by atoms with Crippen molar-refractivity contribution >= 4 is 11.7 Å². The summed E-state index contributed by atoms with van der Waals surface area (Å²) in [6, 6.07) is 6.96. The van der Waals surface area contributed by atoms with Gasteiger partial charge in [0.1, 0.15) is 5.82 Å². The third-order valence-corrected chi connectivity index (χ3v) is 2.99. The zero-order valence-electron chi connectivity index (χ0n) is 11.7. The van der Waals surface area contributed by atoms with Gasteiger partial charge < -0.3 is 5.32 Å². The van der Waals surface area contributed by atoms with Crippen LogP contribution in [0.3, 0.4) is 0 Å². The van der Waals surface area contributed by atoms with Crippen molar-refractivity contribution in [1.82, 2.24) is 24.5 Å². The van der Waals surface area contributed by atoms with Crippen LogP contribution in [0, 0.1) is 6.92 Å². The third kappa shape index (κ3) is 2.66.